The third-order valence-corrected chi connectivity index (χ3v) is 2.82. The monoisotopic (exact) mass is 239 g/mol. The minimum atomic E-state index is -4.41. The number of nitrogens with one attached hydrogen (secondary N) is 1. The molecule has 1 saturated heterocycles. The number of nitrogens with zero attached hydrogens (tertiary/aromatic N) is 2. The molecule has 1 atom stereocenters. The average molecular weight is 239 g/mol. The van der Waals surface area contributed by atoms with Crippen molar-refractivity contribution in [1.29, 1.82) is 0 Å². The van der Waals surface area contributed by atoms with Crippen molar-refractivity contribution in [2.24, 2.45) is 0 Å². The van der Waals surface area contributed by atoms with Crippen LogP contribution in [0.5, 0.6) is 0 Å². The van der Waals surface area contributed by atoms with Crippen LogP contribution in [0.2, 0.25) is 0 Å². The topological polar surface area (TPSA) is 47.0 Å². The first-order valence-electron chi connectivity index (χ1n) is 4.30. The summed E-state index contributed by atoms with van der Waals surface area (Å²) in [5.74, 6) is 0. The highest BCUT2D eigenvalue weighted by Crippen LogP contribution is 2.33. The molecule has 8 heteroatoms. The lowest BCUT2D eigenvalue weighted by molar-refractivity contribution is -0.138. The van der Waals surface area contributed by atoms with Crippen LogP contribution in [0.25, 0.3) is 0 Å². The Morgan fingerprint density at radius 1 is 1.40 bits per heavy atom. The van der Waals surface area contributed by atoms with E-state index in [0.29, 0.717) is 24.6 Å². The van der Waals surface area contributed by atoms with E-state index >= 15 is 0 Å². The summed E-state index contributed by atoms with van der Waals surface area (Å²) in [5.41, 5.74) is 0. The molecule has 1 aliphatic rings. The van der Waals surface area contributed by atoms with E-state index in [1.54, 1.807) is 0 Å². The summed E-state index contributed by atoms with van der Waals surface area (Å²) in [6, 6.07) is 0.0408. The molecule has 2 rings (SSSR count). The number of ether oxygens (including phenoxy) is 1. The third-order valence-electron chi connectivity index (χ3n) is 1.92. The van der Waals surface area contributed by atoms with Gasteiger partial charge in [-0.2, -0.15) is 13.2 Å². The molecule has 0 spiro atoms. The second kappa shape index (κ2) is 3.93. The van der Waals surface area contributed by atoms with Crippen LogP contribution in [0.15, 0.2) is 0 Å². The van der Waals surface area contributed by atoms with E-state index in [-0.39, 0.29) is 11.2 Å². The van der Waals surface area contributed by atoms with Crippen molar-refractivity contribution < 1.29 is 17.9 Å². The van der Waals surface area contributed by atoms with Crippen molar-refractivity contribution in [1.82, 2.24) is 10.2 Å². The molecule has 1 unspecified atom stereocenters. The zero-order valence-corrected chi connectivity index (χ0v) is 8.36. The standard InChI is InChI=1S/C7H8F3N3OS/c8-7(9,10)5-12-13-6(15-5)11-4-1-2-14-3-4/h4H,1-3H2,(H,11,13). The minimum Gasteiger partial charge on any atom is -0.379 e. The smallest absolute Gasteiger partial charge is 0.379 e. The molecular formula is C7H8F3N3OS. The molecule has 1 aromatic heterocycles. The Bertz CT molecular complexity index is 334. The van der Waals surface area contributed by atoms with Crippen LogP contribution in [0.1, 0.15) is 11.4 Å². The van der Waals surface area contributed by atoms with Gasteiger partial charge in [0.25, 0.3) is 0 Å². The van der Waals surface area contributed by atoms with Gasteiger partial charge < -0.3 is 10.1 Å². The Morgan fingerprint density at radius 3 is 2.73 bits per heavy atom. The van der Waals surface area contributed by atoms with Gasteiger partial charge in [0.05, 0.1) is 12.6 Å². The van der Waals surface area contributed by atoms with Gasteiger partial charge in [0, 0.05) is 6.61 Å². The minimum absolute atomic E-state index is 0.0408. The van der Waals surface area contributed by atoms with Crippen LogP contribution < -0.4 is 5.32 Å². The van der Waals surface area contributed by atoms with Gasteiger partial charge in [0.1, 0.15) is 0 Å². The molecule has 1 N–H and O–H groups in total. The molecule has 0 saturated carbocycles. The fourth-order valence-corrected chi connectivity index (χ4v) is 1.91. The van der Waals surface area contributed by atoms with E-state index < -0.39 is 11.2 Å². The lowest BCUT2D eigenvalue weighted by Crippen LogP contribution is -2.18. The van der Waals surface area contributed by atoms with Gasteiger partial charge in [-0.25, -0.2) is 0 Å². The molecule has 1 aromatic rings. The van der Waals surface area contributed by atoms with Gasteiger partial charge in [-0.05, 0) is 6.42 Å². The summed E-state index contributed by atoms with van der Waals surface area (Å²) in [6.07, 6.45) is -3.63. The molecule has 1 aliphatic heterocycles. The van der Waals surface area contributed by atoms with Crippen LogP contribution in [0, 0.1) is 0 Å². The number of alkyl halides is 3. The molecule has 2 heterocycles. The maximum atomic E-state index is 12.2. The zero-order chi connectivity index (χ0) is 10.9. The fraction of sp³-hybridized carbons (Fsp3) is 0.714. The number of rotatable bonds is 2. The van der Waals surface area contributed by atoms with Crippen LogP contribution in [-0.2, 0) is 10.9 Å². The van der Waals surface area contributed by atoms with E-state index in [9.17, 15) is 13.2 Å². The lowest BCUT2D eigenvalue weighted by Gasteiger charge is -2.06. The second-order valence-electron chi connectivity index (χ2n) is 3.11. The lowest BCUT2D eigenvalue weighted by atomic mass is 10.3. The number of anilines is 1. The summed E-state index contributed by atoms with van der Waals surface area (Å²) in [4.78, 5) is 0. The number of halogens is 3. The third kappa shape index (κ3) is 2.57. The summed E-state index contributed by atoms with van der Waals surface area (Å²) in [7, 11) is 0. The summed E-state index contributed by atoms with van der Waals surface area (Å²) >= 11 is 0.513. The molecule has 0 aromatic carbocycles. The van der Waals surface area contributed by atoms with Crippen molar-refractivity contribution in [2.45, 2.75) is 18.6 Å². The normalized spacial score (nSPS) is 21.9. The molecule has 0 radical (unpaired) electrons. The number of aromatic nitrogens is 2. The molecule has 84 valence electrons. The molecule has 0 amide bonds. The molecular weight excluding hydrogens is 231 g/mol. The van der Waals surface area contributed by atoms with Crippen LogP contribution in [0.3, 0.4) is 0 Å². The SMILES string of the molecule is FC(F)(F)c1nnc(NC2CCOC2)s1. The van der Waals surface area contributed by atoms with E-state index in [2.05, 4.69) is 15.5 Å². The maximum absolute atomic E-state index is 12.2. The van der Waals surface area contributed by atoms with Gasteiger partial charge in [-0.15, -0.1) is 10.2 Å². The largest absolute Gasteiger partial charge is 0.445 e. The Balaban J connectivity index is 2.00. The number of hydrogen-bond donors (Lipinski definition) is 1. The Kier molecular flexibility index (Phi) is 2.79. The number of hydrogen-bond acceptors (Lipinski definition) is 5. The van der Waals surface area contributed by atoms with Gasteiger partial charge in [-0.1, -0.05) is 11.3 Å². The highest BCUT2D eigenvalue weighted by Gasteiger charge is 2.35. The Morgan fingerprint density at radius 2 is 2.20 bits per heavy atom. The predicted molar refractivity (Wildman–Crippen MR) is 47.8 cm³/mol. The van der Waals surface area contributed by atoms with E-state index in [1.165, 1.54) is 0 Å². The van der Waals surface area contributed by atoms with E-state index in [1.807, 2.05) is 0 Å². The first-order valence-corrected chi connectivity index (χ1v) is 5.12. The van der Waals surface area contributed by atoms with E-state index in [0.717, 1.165) is 6.42 Å². The highest BCUT2D eigenvalue weighted by atomic mass is 32.1. The maximum Gasteiger partial charge on any atom is 0.445 e. The van der Waals surface area contributed by atoms with E-state index in [4.69, 9.17) is 4.74 Å². The average Bonchev–Trinajstić information content (AvgIpc) is 2.73. The van der Waals surface area contributed by atoms with Crippen molar-refractivity contribution in [3.05, 3.63) is 5.01 Å². The van der Waals surface area contributed by atoms with Crippen LogP contribution >= 0.6 is 11.3 Å². The highest BCUT2D eigenvalue weighted by molar-refractivity contribution is 7.15. The zero-order valence-electron chi connectivity index (χ0n) is 7.54. The molecule has 4 nitrogen and oxygen atoms in total. The first kappa shape index (κ1) is 10.6. The van der Waals surface area contributed by atoms with Crippen LogP contribution in [0.4, 0.5) is 18.3 Å². The van der Waals surface area contributed by atoms with Crippen molar-refractivity contribution in [3.63, 3.8) is 0 Å². The Hall–Kier alpha value is -0.890. The summed E-state index contributed by atoms with van der Waals surface area (Å²) in [5, 5.41) is 8.62. The summed E-state index contributed by atoms with van der Waals surface area (Å²) < 4.78 is 41.6. The van der Waals surface area contributed by atoms with Gasteiger partial charge >= 0.3 is 6.18 Å². The Labute approximate surface area is 87.5 Å². The van der Waals surface area contributed by atoms with Crippen LogP contribution in [-0.4, -0.2) is 29.5 Å². The summed E-state index contributed by atoms with van der Waals surface area (Å²) in [6.45, 7) is 1.13. The molecule has 1 fully saturated rings. The molecule has 15 heavy (non-hydrogen) atoms. The fourth-order valence-electron chi connectivity index (χ4n) is 1.22. The molecule has 0 aliphatic carbocycles. The molecule has 0 bridgehead atoms. The van der Waals surface area contributed by atoms with Gasteiger partial charge in [-0.3, -0.25) is 0 Å². The quantitative estimate of drug-likeness (QED) is 0.854. The van der Waals surface area contributed by atoms with Crippen molar-refractivity contribution in [3.8, 4) is 0 Å². The van der Waals surface area contributed by atoms with Crippen molar-refractivity contribution >= 4 is 16.5 Å². The second-order valence-corrected chi connectivity index (χ2v) is 4.09. The predicted octanol–water partition coefficient (Wildman–Crippen LogP) is 1.76. The van der Waals surface area contributed by atoms with Gasteiger partial charge in [0.2, 0.25) is 10.1 Å². The van der Waals surface area contributed by atoms with Gasteiger partial charge in [0.15, 0.2) is 0 Å². The first-order chi connectivity index (χ1) is 7.05. The van der Waals surface area contributed by atoms with Crippen molar-refractivity contribution in [2.75, 3.05) is 18.5 Å².